The second-order valence-corrected chi connectivity index (χ2v) is 6.03. The van der Waals surface area contributed by atoms with E-state index in [1.807, 2.05) is 36.4 Å². The maximum atomic E-state index is 12.7. The first-order valence-electron chi connectivity index (χ1n) is 8.19. The number of fused-ring (bicyclic) bond motifs is 3. The van der Waals surface area contributed by atoms with E-state index in [1.165, 1.54) is 4.57 Å². The monoisotopic (exact) mass is 378 g/mol. The predicted octanol–water partition coefficient (Wildman–Crippen LogP) is -1.35. The Morgan fingerprint density at radius 2 is 1.82 bits per heavy atom. The number of tetrazole rings is 1. The van der Waals surface area contributed by atoms with Gasteiger partial charge >= 0.3 is 40.7 Å². The molecule has 0 saturated carbocycles. The average Bonchev–Trinajstić information content (AvgIpc) is 3.24. The van der Waals surface area contributed by atoms with Crippen LogP contribution in [0.15, 0.2) is 70.3 Å². The molecule has 8 nitrogen and oxygen atoms in total. The van der Waals surface area contributed by atoms with E-state index in [0.717, 1.165) is 10.8 Å². The molecule has 28 heavy (non-hydrogen) atoms. The van der Waals surface area contributed by atoms with E-state index in [0.29, 0.717) is 28.1 Å². The molecular formula is C19H11N6NaO2. The summed E-state index contributed by atoms with van der Waals surface area (Å²) in [5.74, 6) is 0.351. The van der Waals surface area contributed by atoms with Crippen LogP contribution in [-0.2, 0) is 0 Å². The standard InChI is InChI=1S/C19H12N6O2.Na/c26-18-19(27)25(13-6-3-5-12(10-13)17-21-23-24-22-17)15-9-8-11-4-1-2-7-14(11)16(15)20-18;/h1-10H,(H2,20,21,22,23,24,26);/q;+1/p-1. The van der Waals surface area contributed by atoms with E-state index < -0.39 is 11.1 Å². The molecular weight excluding hydrogens is 367 g/mol. The number of aromatic nitrogens is 6. The molecule has 0 atom stereocenters. The summed E-state index contributed by atoms with van der Waals surface area (Å²) in [6, 6.07) is 18.5. The van der Waals surface area contributed by atoms with Crippen LogP contribution in [0.3, 0.4) is 0 Å². The van der Waals surface area contributed by atoms with Crippen molar-refractivity contribution in [1.82, 2.24) is 30.2 Å². The van der Waals surface area contributed by atoms with Gasteiger partial charge in [0, 0.05) is 11.2 Å². The van der Waals surface area contributed by atoms with E-state index in [9.17, 15) is 9.59 Å². The number of nitrogens with one attached hydrogen (secondary N) is 1. The van der Waals surface area contributed by atoms with Crippen LogP contribution in [0, 0.1) is 0 Å². The van der Waals surface area contributed by atoms with Crippen molar-refractivity contribution in [2.45, 2.75) is 0 Å². The number of hydrogen-bond acceptors (Lipinski definition) is 5. The summed E-state index contributed by atoms with van der Waals surface area (Å²) in [5, 5.41) is 16.5. The summed E-state index contributed by atoms with van der Waals surface area (Å²) >= 11 is 0. The normalized spacial score (nSPS) is 10.9. The van der Waals surface area contributed by atoms with Gasteiger partial charge in [0.15, 0.2) is 0 Å². The van der Waals surface area contributed by atoms with Crippen LogP contribution < -0.4 is 45.8 Å². The van der Waals surface area contributed by atoms with Gasteiger partial charge in [-0.15, -0.1) is 0 Å². The van der Waals surface area contributed by atoms with Gasteiger partial charge in [0.2, 0.25) is 0 Å². The van der Waals surface area contributed by atoms with Crippen molar-refractivity contribution in [2.75, 3.05) is 0 Å². The quantitative estimate of drug-likeness (QED) is 0.231. The maximum Gasteiger partial charge on any atom is 1.00 e. The molecule has 3 aromatic carbocycles. The molecule has 0 saturated heterocycles. The van der Waals surface area contributed by atoms with E-state index in [2.05, 4.69) is 25.6 Å². The van der Waals surface area contributed by atoms with Crippen LogP contribution in [0.4, 0.5) is 0 Å². The maximum absolute atomic E-state index is 12.7. The number of H-pyrrole nitrogens is 1. The Hall–Kier alpha value is -3.07. The summed E-state index contributed by atoms with van der Waals surface area (Å²) in [6.07, 6.45) is 0. The van der Waals surface area contributed by atoms with Gasteiger partial charge in [-0.2, -0.15) is 5.21 Å². The van der Waals surface area contributed by atoms with Gasteiger partial charge in [-0.25, -0.2) is 0 Å². The van der Waals surface area contributed by atoms with Crippen LogP contribution in [-0.4, -0.2) is 25.1 Å². The summed E-state index contributed by atoms with van der Waals surface area (Å²) in [7, 11) is 0. The number of rotatable bonds is 2. The second-order valence-electron chi connectivity index (χ2n) is 6.03. The molecule has 130 valence electrons. The Labute approximate surface area is 179 Å². The van der Waals surface area contributed by atoms with Crippen molar-refractivity contribution in [2.24, 2.45) is 0 Å². The van der Waals surface area contributed by atoms with Crippen LogP contribution >= 0.6 is 0 Å². The van der Waals surface area contributed by atoms with Crippen molar-refractivity contribution in [1.29, 1.82) is 0 Å². The molecule has 0 radical (unpaired) electrons. The average molecular weight is 378 g/mol. The topological polar surface area (TPSA) is 108 Å². The molecule has 0 bridgehead atoms. The van der Waals surface area contributed by atoms with Crippen molar-refractivity contribution in [3.8, 4) is 17.1 Å². The third kappa shape index (κ3) is 2.88. The van der Waals surface area contributed by atoms with Crippen LogP contribution in [0.5, 0.6) is 0 Å². The largest absolute Gasteiger partial charge is 1.00 e. The van der Waals surface area contributed by atoms with Crippen LogP contribution in [0.25, 0.3) is 38.9 Å². The fourth-order valence-corrected chi connectivity index (χ4v) is 3.26. The van der Waals surface area contributed by atoms with Gasteiger partial charge in [0.05, 0.1) is 16.7 Å². The van der Waals surface area contributed by atoms with Crippen molar-refractivity contribution in [3.63, 3.8) is 0 Å². The Morgan fingerprint density at radius 3 is 2.64 bits per heavy atom. The van der Waals surface area contributed by atoms with E-state index in [-0.39, 0.29) is 29.6 Å². The number of nitrogens with zero attached hydrogens (tertiary/aromatic N) is 5. The van der Waals surface area contributed by atoms with Gasteiger partial charge < -0.3 is 10.1 Å². The molecule has 5 aromatic rings. The second kappa shape index (κ2) is 7.16. The first-order chi connectivity index (χ1) is 13.2. The number of benzene rings is 3. The zero-order chi connectivity index (χ0) is 18.4. The molecule has 2 aromatic heterocycles. The fraction of sp³-hybridized carbons (Fsp3) is 0. The molecule has 0 fully saturated rings. The van der Waals surface area contributed by atoms with E-state index in [1.54, 1.807) is 24.3 Å². The Bertz CT molecular complexity index is 1420. The minimum Gasteiger partial charge on any atom is -0.330 e. The third-order valence-electron chi connectivity index (χ3n) is 4.47. The summed E-state index contributed by atoms with van der Waals surface area (Å²) in [6.45, 7) is 0. The van der Waals surface area contributed by atoms with Gasteiger partial charge in [0.1, 0.15) is 0 Å². The minimum absolute atomic E-state index is 0. The Balaban J connectivity index is 0.00000192. The smallest absolute Gasteiger partial charge is 0.330 e. The zero-order valence-corrected chi connectivity index (χ0v) is 16.8. The molecule has 0 aliphatic rings. The molecule has 0 spiro atoms. The minimum atomic E-state index is -0.683. The molecule has 1 N–H and O–H groups in total. The summed E-state index contributed by atoms with van der Waals surface area (Å²) < 4.78 is 1.40. The molecule has 0 aliphatic heterocycles. The Morgan fingerprint density at radius 1 is 0.964 bits per heavy atom. The predicted molar refractivity (Wildman–Crippen MR) is 99.8 cm³/mol. The Kier molecular flexibility index (Phi) is 4.68. The van der Waals surface area contributed by atoms with Crippen LogP contribution in [0.1, 0.15) is 0 Å². The first kappa shape index (κ1) is 18.3. The molecule has 5 rings (SSSR count). The van der Waals surface area contributed by atoms with E-state index in [4.69, 9.17) is 0 Å². The molecule has 9 heteroatoms. The SMILES string of the molecule is O=c1[nH]c2c3ccccc3ccc2n(-c2cccc(-c3nnn[n-]3)c2)c1=O.[Na+]. The van der Waals surface area contributed by atoms with Gasteiger partial charge in [-0.1, -0.05) is 42.5 Å². The number of hydrogen-bond donors (Lipinski definition) is 1. The van der Waals surface area contributed by atoms with Crippen LogP contribution in [0.2, 0.25) is 0 Å². The zero-order valence-electron chi connectivity index (χ0n) is 14.8. The molecule has 0 unspecified atom stereocenters. The number of aromatic amines is 1. The van der Waals surface area contributed by atoms with Gasteiger partial charge in [0.25, 0.3) is 0 Å². The van der Waals surface area contributed by atoms with Gasteiger partial charge in [-0.3, -0.25) is 24.5 Å². The fourth-order valence-electron chi connectivity index (χ4n) is 3.26. The molecule has 0 amide bonds. The summed E-state index contributed by atoms with van der Waals surface area (Å²) in [4.78, 5) is 27.8. The first-order valence-corrected chi connectivity index (χ1v) is 8.19. The van der Waals surface area contributed by atoms with E-state index >= 15 is 0 Å². The van der Waals surface area contributed by atoms with Crippen molar-refractivity contribution < 1.29 is 29.6 Å². The molecule has 0 aliphatic carbocycles. The third-order valence-corrected chi connectivity index (χ3v) is 4.47. The summed E-state index contributed by atoms with van der Waals surface area (Å²) in [5.41, 5.74) is 1.06. The van der Waals surface area contributed by atoms with Crippen molar-refractivity contribution in [3.05, 3.63) is 81.4 Å². The van der Waals surface area contributed by atoms with Crippen molar-refractivity contribution >= 4 is 21.8 Å². The van der Waals surface area contributed by atoms with Gasteiger partial charge in [-0.05, 0) is 29.1 Å². The molecule has 2 heterocycles.